The second-order valence-electron chi connectivity index (χ2n) is 3.62. The third-order valence-electron chi connectivity index (χ3n) is 2.30. The molecule has 2 aromatic rings. The van der Waals surface area contributed by atoms with Crippen LogP contribution in [0.3, 0.4) is 0 Å². The maximum Gasteiger partial charge on any atom is 0.196 e. The number of thiazole rings is 1. The Morgan fingerprint density at radius 2 is 2.22 bits per heavy atom. The van der Waals surface area contributed by atoms with Crippen molar-refractivity contribution < 1.29 is 4.39 Å². The summed E-state index contributed by atoms with van der Waals surface area (Å²) in [6.07, 6.45) is 4.67. The van der Waals surface area contributed by atoms with Crippen LogP contribution in [0.15, 0.2) is 24.4 Å². The first-order valence-corrected chi connectivity index (χ1v) is 6.33. The van der Waals surface area contributed by atoms with Crippen molar-refractivity contribution in [2.24, 2.45) is 5.84 Å². The van der Waals surface area contributed by atoms with Crippen LogP contribution >= 0.6 is 22.9 Å². The second kappa shape index (κ2) is 5.48. The molecule has 0 saturated carbocycles. The van der Waals surface area contributed by atoms with E-state index in [0.29, 0.717) is 10.0 Å². The lowest BCUT2D eigenvalue weighted by molar-refractivity contribution is 0.653. The number of nitrogens with two attached hydrogens (primary N) is 1. The second-order valence-corrected chi connectivity index (χ2v) is 5.04. The topological polar surface area (TPSA) is 42.1 Å². The molecule has 0 radical (unpaired) electrons. The minimum atomic E-state index is -0.315. The number of hydrogen-bond donors (Lipinski definition) is 1. The number of hydrogen-bond acceptors (Lipinski definition) is 4. The van der Waals surface area contributed by atoms with Crippen molar-refractivity contribution in [3.8, 4) is 0 Å². The number of hydrazine groups is 1. The lowest BCUT2D eigenvalue weighted by Crippen LogP contribution is -2.25. The summed E-state index contributed by atoms with van der Waals surface area (Å²) >= 11 is 7.09. The average molecular weight is 284 g/mol. The van der Waals surface area contributed by atoms with Crippen LogP contribution in [0.5, 0.6) is 0 Å². The summed E-state index contributed by atoms with van der Waals surface area (Å²) in [5.74, 6) is 5.72. The van der Waals surface area contributed by atoms with Crippen LogP contribution in [0.4, 0.5) is 10.1 Å². The lowest BCUT2D eigenvalue weighted by Gasteiger charge is -2.15. The van der Waals surface area contributed by atoms with Crippen molar-refractivity contribution in [3.05, 3.63) is 45.1 Å². The van der Waals surface area contributed by atoms with E-state index in [4.69, 9.17) is 17.4 Å². The largest absolute Gasteiger partial charge is 0.313 e. The molecule has 0 spiro atoms. The van der Waals surface area contributed by atoms with Gasteiger partial charge < -0.3 is 5.01 Å². The molecule has 3 nitrogen and oxygen atoms in total. The quantitative estimate of drug-likeness (QED) is 0.693. The van der Waals surface area contributed by atoms with Gasteiger partial charge in [-0.2, -0.15) is 4.39 Å². The van der Waals surface area contributed by atoms with E-state index in [0.717, 1.165) is 22.6 Å². The fraction of sp³-hybridized carbons (Fsp3) is 0.0833. The summed E-state index contributed by atoms with van der Waals surface area (Å²) in [4.78, 5) is 3.90. The van der Waals surface area contributed by atoms with Crippen molar-refractivity contribution >= 4 is 40.8 Å². The van der Waals surface area contributed by atoms with E-state index in [2.05, 4.69) is 4.98 Å². The van der Waals surface area contributed by atoms with Gasteiger partial charge in [0.05, 0.1) is 11.9 Å². The molecule has 0 aliphatic heterocycles. The van der Waals surface area contributed by atoms with E-state index in [9.17, 15) is 4.39 Å². The lowest BCUT2D eigenvalue weighted by atomic mass is 10.1. The standard InChI is InChI=1S/C12H11ClFN3S/c1-17(15)10-4-2-3-9(13)8(10)5-6-12-16-7-11(14)18-12/h2-7H,15H2,1H3/b6-5+. The molecule has 0 aliphatic carbocycles. The molecule has 0 aliphatic rings. The van der Waals surface area contributed by atoms with E-state index >= 15 is 0 Å². The molecule has 1 heterocycles. The SMILES string of the molecule is CN(N)c1cccc(Cl)c1/C=C/c1ncc(F)s1. The van der Waals surface area contributed by atoms with E-state index < -0.39 is 0 Å². The summed E-state index contributed by atoms with van der Waals surface area (Å²) in [5.41, 5.74) is 1.57. The Morgan fingerprint density at radius 1 is 1.44 bits per heavy atom. The van der Waals surface area contributed by atoms with Crippen LogP contribution in [-0.2, 0) is 0 Å². The molecule has 1 aromatic carbocycles. The zero-order valence-electron chi connectivity index (χ0n) is 9.60. The molecule has 1 aromatic heterocycles. The summed E-state index contributed by atoms with van der Waals surface area (Å²) in [6, 6.07) is 5.45. The molecule has 6 heteroatoms. The highest BCUT2D eigenvalue weighted by Gasteiger charge is 2.06. The minimum absolute atomic E-state index is 0.315. The van der Waals surface area contributed by atoms with Gasteiger partial charge in [-0.05, 0) is 24.3 Å². The Balaban J connectivity index is 2.36. The van der Waals surface area contributed by atoms with Gasteiger partial charge in [-0.1, -0.05) is 29.0 Å². The van der Waals surface area contributed by atoms with Gasteiger partial charge in [-0.25, -0.2) is 10.8 Å². The molecule has 94 valence electrons. The fourth-order valence-electron chi connectivity index (χ4n) is 1.50. The van der Waals surface area contributed by atoms with E-state index in [1.165, 1.54) is 11.2 Å². The predicted octanol–water partition coefficient (Wildman–Crippen LogP) is 3.42. The predicted molar refractivity (Wildman–Crippen MR) is 75.0 cm³/mol. The molecule has 0 bridgehead atoms. The summed E-state index contributed by atoms with van der Waals surface area (Å²) in [6.45, 7) is 0. The maximum atomic E-state index is 12.8. The molecule has 0 saturated heterocycles. The van der Waals surface area contributed by atoms with Gasteiger partial charge in [0, 0.05) is 17.6 Å². The molecule has 0 unspecified atom stereocenters. The van der Waals surface area contributed by atoms with Crippen LogP contribution in [0.25, 0.3) is 12.2 Å². The van der Waals surface area contributed by atoms with Crippen molar-refractivity contribution in [1.82, 2.24) is 4.98 Å². The number of nitrogens with zero attached hydrogens (tertiary/aromatic N) is 2. The third kappa shape index (κ3) is 2.87. The Kier molecular flexibility index (Phi) is 3.96. The third-order valence-corrected chi connectivity index (χ3v) is 3.38. The molecule has 2 N–H and O–H groups in total. The van der Waals surface area contributed by atoms with Gasteiger partial charge in [-0.3, -0.25) is 0 Å². The Bertz CT molecular complexity index is 580. The average Bonchev–Trinajstić information content (AvgIpc) is 2.73. The van der Waals surface area contributed by atoms with Crippen LogP contribution < -0.4 is 10.9 Å². The van der Waals surface area contributed by atoms with Gasteiger partial charge in [0.15, 0.2) is 5.13 Å². The Hall–Kier alpha value is -1.43. The molecule has 0 atom stereocenters. The summed E-state index contributed by atoms with van der Waals surface area (Å²) in [7, 11) is 1.73. The zero-order chi connectivity index (χ0) is 13.1. The fourth-order valence-corrected chi connectivity index (χ4v) is 2.28. The summed E-state index contributed by atoms with van der Waals surface area (Å²) in [5, 5.41) is 2.33. The van der Waals surface area contributed by atoms with Gasteiger partial charge in [-0.15, -0.1) is 0 Å². The molecule has 18 heavy (non-hydrogen) atoms. The zero-order valence-corrected chi connectivity index (χ0v) is 11.2. The summed E-state index contributed by atoms with van der Waals surface area (Å²) < 4.78 is 12.8. The van der Waals surface area contributed by atoms with Gasteiger partial charge in [0.1, 0.15) is 5.01 Å². The van der Waals surface area contributed by atoms with Crippen molar-refractivity contribution in [1.29, 1.82) is 0 Å². The molecule has 0 amide bonds. The maximum absolute atomic E-state index is 12.8. The first-order valence-electron chi connectivity index (χ1n) is 5.14. The Labute approximate surface area is 113 Å². The normalized spacial score (nSPS) is 11.1. The minimum Gasteiger partial charge on any atom is -0.313 e. The molecule has 0 fully saturated rings. The van der Waals surface area contributed by atoms with Crippen LogP contribution in [0.2, 0.25) is 5.02 Å². The molecule has 2 rings (SSSR count). The van der Waals surface area contributed by atoms with Gasteiger partial charge in [0.2, 0.25) is 0 Å². The van der Waals surface area contributed by atoms with E-state index in [-0.39, 0.29) is 5.13 Å². The first-order chi connectivity index (χ1) is 8.58. The number of aromatic nitrogens is 1. The molecular weight excluding hydrogens is 273 g/mol. The van der Waals surface area contributed by atoms with Gasteiger partial charge in [0.25, 0.3) is 0 Å². The highest BCUT2D eigenvalue weighted by molar-refractivity contribution is 7.10. The smallest absolute Gasteiger partial charge is 0.196 e. The number of halogens is 2. The Morgan fingerprint density at radius 3 is 2.83 bits per heavy atom. The highest BCUT2D eigenvalue weighted by atomic mass is 35.5. The van der Waals surface area contributed by atoms with E-state index in [1.54, 1.807) is 25.3 Å². The number of benzene rings is 1. The monoisotopic (exact) mass is 283 g/mol. The molecular formula is C12H11ClFN3S. The van der Waals surface area contributed by atoms with Crippen LogP contribution in [-0.4, -0.2) is 12.0 Å². The number of anilines is 1. The van der Waals surface area contributed by atoms with Gasteiger partial charge >= 0.3 is 0 Å². The van der Waals surface area contributed by atoms with Crippen LogP contribution in [0.1, 0.15) is 10.6 Å². The van der Waals surface area contributed by atoms with Crippen molar-refractivity contribution in [2.75, 3.05) is 12.1 Å². The first kappa shape index (κ1) is 13.0. The van der Waals surface area contributed by atoms with Crippen molar-refractivity contribution in [3.63, 3.8) is 0 Å². The van der Waals surface area contributed by atoms with Crippen LogP contribution in [0, 0.1) is 5.13 Å². The number of rotatable bonds is 3. The van der Waals surface area contributed by atoms with Crippen molar-refractivity contribution in [2.45, 2.75) is 0 Å². The highest BCUT2D eigenvalue weighted by Crippen LogP contribution is 2.28. The van der Waals surface area contributed by atoms with E-state index in [1.807, 2.05) is 12.1 Å².